The van der Waals surface area contributed by atoms with Crippen molar-refractivity contribution in [3.05, 3.63) is 83.4 Å². The number of hydrogen-bond acceptors (Lipinski definition) is 6. The van der Waals surface area contributed by atoms with Crippen molar-refractivity contribution in [2.24, 2.45) is 5.92 Å². The largest absolute Gasteiger partial charge is 0.350 e. The van der Waals surface area contributed by atoms with Crippen molar-refractivity contribution in [1.29, 1.82) is 0 Å². The summed E-state index contributed by atoms with van der Waals surface area (Å²) in [5.74, 6) is -0.750. The summed E-state index contributed by atoms with van der Waals surface area (Å²) in [5, 5.41) is 13.1. The number of benzene rings is 2. The normalized spacial score (nSPS) is 20.8. The van der Waals surface area contributed by atoms with E-state index in [4.69, 9.17) is 0 Å². The number of nitrogens with zero attached hydrogens (tertiary/aromatic N) is 4. The number of nitrogens with one attached hydrogen (secondary N) is 3. The van der Waals surface area contributed by atoms with Crippen LogP contribution in [0.15, 0.2) is 60.7 Å². The molecule has 1 aliphatic heterocycles. The van der Waals surface area contributed by atoms with Crippen LogP contribution >= 0.6 is 0 Å². The molecule has 0 spiro atoms. The Morgan fingerprint density at radius 3 is 2.22 bits per heavy atom. The first-order valence-electron chi connectivity index (χ1n) is 13.8. The molecule has 41 heavy (non-hydrogen) atoms. The highest BCUT2D eigenvalue weighted by Crippen LogP contribution is 2.19. The molecular formula is C30H37N7O4. The average molecular weight is 560 g/mol. The number of rotatable bonds is 4. The van der Waals surface area contributed by atoms with Gasteiger partial charge in [-0.05, 0) is 43.9 Å². The molecule has 4 rings (SSSR count). The minimum absolute atomic E-state index is 0.0605. The summed E-state index contributed by atoms with van der Waals surface area (Å²) in [6.07, 6.45) is 0.393. The summed E-state index contributed by atoms with van der Waals surface area (Å²) in [4.78, 5) is 59.3. The van der Waals surface area contributed by atoms with E-state index in [2.05, 4.69) is 26.0 Å². The molecule has 0 radical (unpaired) electrons. The summed E-state index contributed by atoms with van der Waals surface area (Å²) in [7, 11) is 0. The van der Waals surface area contributed by atoms with Crippen LogP contribution in [0.1, 0.15) is 54.4 Å². The fraction of sp³-hybridized carbons (Fsp3) is 0.400. The van der Waals surface area contributed by atoms with Crippen LogP contribution in [-0.2, 0) is 27.3 Å². The van der Waals surface area contributed by atoms with Gasteiger partial charge in [0.1, 0.15) is 18.4 Å². The first-order valence-corrected chi connectivity index (χ1v) is 13.8. The fourth-order valence-electron chi connectivity index (χ4n) is 4.76. The molecule has 0 aliphatic carbocycles. The van der Waals surface area contributed by atoms with Gasteiger partial charge in [-0.1, -0.05) is 62.4 Å². The van der Waals surface area contributed by atoms with Gasteiger partial charge in [0.05, 0.1) is 12.6 Å². The average Bonchev–Trinajstić information content (AvgIpc) is 3.31. The predicted octanol–water partition coefficient (Wildman–Crippen LogP) is 1.79. The highest BCUT2D eigenvalue weighted by molar-refractivity contribution is 5.96. The zero-order valence-corrected chi connectivity index (χ0v) is 23.8. The van der Waals surface area contributed by atoms with Crippen LogP contribution in [0.25, 0.3) is 0 Å². The summed E-state index contributed by atoms with van der Waals surface area (Å²) in [6.45, 7) is 6.85. The summed E-state index contributed by atoms with van der Waals surface area (Å²) in [5.41, 5.74) is 1.39. The Labute approximate surface area is 239 Å². The zero-order valence-electron chi connectivity index (χ0n) is 23.8. The molecule has 1 aliphatic rings. The molecule has 0 fully saturated rings. The molecule has 2 heterocycles. The highest BCUT2D eigenvalue weighted by Gasteiger charge is 2.30. The smallest absolute Gasteiger partial charge is 0.254 e. The first kappa shape index (κ1) is 29.4. The molecular weight excluding hydrogens is 522 g/mol. The Balaban J connectivity index is 1.73. The predicted molar refractivity (Wildman–Crippen MR) is 153 cm³/mol. The van der Waals surface area contributed by atoms with Crippen molar-refractivity contribution in [3.63, 3.8) is 0 Å². The molecule has 0 saturated carbocycles. The van der Waals surface area contributed by atoms with Gasteiger partial charge in [0.15, 0.2) is 5.82 Å². The monoisotopic (exact) mass is 559 g/mol. The van der Waals surface area contributed by atoms with E-state index in [0.29, 0.717) is 23.6 Å². The van der Waals surface area contributed by atoms with Crippen molar-refractivity contribution in [2.45, 2.75) is 58.8 Å². The molecule has 3 atom stereocenters. The lowest BCUT2D eigenvalue weighted by atomic mass is 10.0. The molecule has 0 bridgehead atoms. The maximum Gasteiger partial charge on any atom is 0.254 e. The third-order valence-corrected chi connectivity index (χ3v) is 6.99. The minimum atomic E-state index is -0.833. The second-order valence-electron chi connectivity index (χ2n) is 10.7. The number of aryl methyl sites for hydroxylation is 1. The molecule has 1 aromatic heterocycles. The summed E-state index contributed by atoms with van der Waals surface area (Å²) < 4.78 is 1.45. The van der Waals surface area contributed by atoms with Gasteiger partial charge in [-0.2, -0.15) is 5.10 Å². The van der Waals surface area contributed by atoms with Gasteiger partial charge in [-0.25, -0.2) is 9.67 Å². The van der Waals surface area contributed by atoms with E-state index in [-0.39, 0.29) is 37.4 Å². The van der Waals surface area contributed by atoms with Crippen molar-refractivity contribution in [1.82, 2.24) is 35.6 Å². The van der Waals surface area contributed by atoms with Crippen LogP contribution in [0.2, 0.25) is 0 Å². The Hall–Kier alpha value is -4.54. The van der Waals surface area contributed by atoms with Crippen LogP contribution in [0.3, 0.4) is 0 Å². The van der Waals surface area contributed by atoms with Gasteiger partial charge in [0, 0.05) is 18.2 Å². The maximum absolute atomic E-state index is 13.6. The maximum atomic E-state index is 13.6. The second-order valence-corrected chi connectivity index (χ2v) is 10.7. The molecule has 0 unspecified atom stereocenters. The van der Waals surface area contributed by atoms with E-state index < -0.39 is 29.9 Å². The Bertz CT molecular complexity index is 1370. The topological polar surface area (TPSA) is 138 Å². The van der Waals surface area contributed by atoms with Crippen molar-refractivity contribution < 1.29 is 19.2 Å². The van der Waals surface area contributed by atoms with Crippen LogP contribution in [0, 0.1) is 12.8 Å². The quantitative estimate of drug-likeness (QED) is 0.446. The molecule has 2 aromatic carbocycles. The number of fused-ring (bicyclic) bond motifs is 1. The third-order valence-electron chi connectivity index (χ3n) is 6.99. The van der Waals surface area contributed by atoms with E-state index in [1.165, 1.54) is 9.58 Å². The molecule has 3 N–H and O–H groups in total. The molecule has 0 saturated heterocycles. The van der Waals surface area contributed by atoms with Crippen LogP contribution in [-0.4, -0.2) is 68.5 Å². The molecule has 11 heteroatoms. The van der Waals surface area contributed by atoms with E-state index in [1.54, 1.807) is 38.1 Å². The highest BCUT2D eigenvalue weighted by atomic mass is 16.2. The molecule has 216 valence electrons. The number of amides is 4. The van der Waals surface area contributed by atoms with E-state index in [9.17, 15) is 19.2 Å². The van der Waals surface area contributed by atoms with Gasteiger partial charge in [-0.3, -0.25) is 19.2 Å². The minimum Gasteiger partial charge on any atom is -0.350 e. The molecule has 11 nitrogen and oxygen atoms in total. The van der Waals surface area contributed by atoms with Crippen molar-refractivity contribution in [2.75, 3.05) is 13.1 Å². The number of carbonyl (C=O) groups is 4. The Morgan fingerprint density at radius 1 is 0.927 bits per heavy atom. The number of aromatic nitrogens is 3. The van der Waals surface area contributed by atoms with E-state index >= 15 is 0 Å². The Kier molecular flexibility index (Phi) is 9.49. The zero-order chi connectivity index (χ0) is 29.5. The first-order chi connectivity index (χ1) is 19.6. The lowest BCUT2D eigenvalue weighted by Gasteiger charge is -2.31. The Morgan fingerprint density at radius 2 is 1.56 bits per heavy atom. The lowest BCUT2D eigenvalue weighted by molar-refractivity contribution is -0.129. The van der Waals surface area contributed by atoms with Gasteiger partial charge >= 0.3 is 0 Å². The van der Waals surface area contributed by atoms with Crippen molar-refractivity contribution >= 4 is 23.6 Å². The summed E-state index contributed by atoms with van der Waals surface area (Å²) in [6, 6.07) is 16.4. The lowest BCUT2D eigenvalue weighted by Crippen LogP contribution is -2.54. The van der Waals surface area contributed by atoms with Crippen LogP contribution < -0.4 is 16.0 Å². The number of carbonyl (C=O) groups excluding carboxylic acids is 4. The third kappa shape index (κ3) is 7.77. The van der Waals surface area contributed by atoms with Gasteiger partial charge in [0.2, 0.25) is 17.7 Å². The van der Waals surface area contributed by atoms with Crippen molar-refractivity contribution in [3.8, 4) is 0 Å². The van der Waals surface area contributed by atoms with E-state index in [1.807, 2.05) is 50.2 Å². The van der Waals surface area contributed by atoms with E-state index in [0.717, 1.165) is 5.56 Å². The SMILES string of the molecule is Cc1nc2n(n1)CC(=O)N[C@H](C)C(=O)N[C@@H](C(C)C)CN(C(=O)c1ccccc1)CC(=O)N[C@H]2Cc1ccccc1. The molecule has 4 amide bonds. The standard InChI is InChI=1S/C30H37N7O4/c1-19(2)25-16-36(30(41)23-13-9-6-10-14-23)17-26(38)33-24(15-22-11-7-5-8-12-22)28-32-21(4)35-37(28)18-27(39)31-20(3)29(40)34-25/h5-14,19-20,24-25H,15-18H2,1-4H3,(H,31,39)(H,33,38)(H,34,40)/t20-,24+,25-/m1/s1. The van der Waals surface area contributed by atoms with Crippen LogP contribution in [0.5, 0.6) is 0 Å². The van der Waals surface area contributed by atoms with Gasteiger partial charge in [0.25, 0.3) is 5.91 Å². The molecule has 3 aromatic rings. The van der Waals surface area contributed by atoms with Crippen LogP contribution in [0.4, 0.5) is 0 Å². The second kappa shape index (κ2) is 13.2. The van der Waals surface area contributed by atoms with Gasteiger partial charge in [-0.15, -0.1) is 0 Å². The summed E-state index contributed by atoms with van der Waals surface area (Å²) >= 11 is 0. The number of hydrogen-bond donors (Lipinski definition) is 3. The fourth-order valence-corrected chi connectivity index (χ4v) is 4.76. The van der Waals surface area contributed by atoms with Gasteiger partial charge < -0.3 is 20.9 Å².